The Morgan fingerprint density at radius 2 is 1.95 bits per heavy atom. The van der Waals surface area contributed by atoms with Gasteiger partial charge in [-0.15, -0.1) is 0 Å². The summed E-state index contributed by atoms with van der Waals surface area (Å²) in [6.45, 7) is 3.30. The van der Waals surface area contributed by atoms with E-state index in [0.29, 0.717) is 41.5 Å². The van der Waals surface area contributed by atoms with E-state index < -0.39 is 0 Å². The minimum absolute atomic E-state index is 0.0295. The van der Waals surface area contributed by atoms with Gasteiger partial charge in [-0.3, -0.25) is 14.0 Å². The van der Waals surface area contributed by atoms with Crippen LogP contribution in [0.15, 0.2) is 67.1 Å². The van der Waals surface area contributed by atoms with Gasteiger partial charge in [0.1, 0.15) is 28.7 Å². The summed E-state index contributed by atoms with van der Waals surface area (Å²) in [6.07, 6.45) is 10.3. The second-order valence-electron chi connectivity index (χ2n) is 9.95. The summed E-state index contributed by atoms with van der Waals surface area (Å²) in [4.78, 5) is 43.2. The lowest BCUT2D eigenvalue weighted by Crippen LogP contribution is -2.30. The number of nitrogen functional groups attached to an aromatic ring is 1. The Kier molecular flexibility index (Phi) is 7.38. The van der Waals surface area contributed by atoms with Gasteiger partial charge in [0.15, 0.2) is 0 Å². The molecule has 0 spiro atoms. The number of nitrogens with zero attached hydrogens (tertiary/aromatic N) is 6. The monoisotopic (exact) mass is 524 g/mol. The number of hydrogen-bond acceptors (Lipinski definition) is 7. The van der Waals surface area contributed by atoms with E-state index in [1.165, 1.54) is 0 Å². The van der Waals surface area contributed by atoms with Crippen LogP contribution < -0.4 is 11.1 Å². The van der Waals surface area contributed by atoms with Crippen LogP contribution >= 0.6 is 0 Å². The van der Waals surface area contributed by atoms with Gasteiger partial charge in [0, 0.05) is 48.9 Å². The number of aryl methyl sites for hydroxylation is 1. The highest BCUT2D eigenvalue weighted by Gasteiger charge is 2.33. The number of likely N-dealkylation sites (N-methyl/N-ethyl adjacent to an activating group) is 1. The maximum absolute atomic E-state index is 13.0. The first kappa shape index (κ1) is 26.1. The molecule has 10 nitrogen and oxygen atoms in total. The van der Waals surface area contributed by atoms with Gasteiger partial charge in [-0.25, -0.2) is 15.0 Å². The Balaban J connectivity index is 1.45. The van der Waals surface area contributed by atoms with E-state index >= 15 is 0 Å². The van der Waals surface area contributed by atoms with Gasteiger partial charge in [-0.1, -0.05) is 18.2 Å². The summed E-state index contributed by atoms with van der Waals surface area (Å²) in [5.41, 5.74) is 9.97. The number of anilines is 2. The fourth-order valence-electron chi connectivity index (χ4n) is 4.85. The Bertz CT molecular complexity index is 1540. The van der Waals surface area contributed by atoms with Crippen LogP contribution in [0, 0.1) is 6.92 Å². The van der Waals surface area contributed by atoms with Gasteiger partial charge in [-0.2, -0.15) is 0 Å². The normalized spacial score (nSPS) is 15.5. The summed E-state index contributed by atoms with van der Waals surface area (Å²) in [5.74, 6) is 1.31. The molecule has 1 unspecified atom stereocenters. The molecule has 1 aromatic carbocycles. The zero-order valence-electron chi connectivity index (χ0n) is 22.3. The molecule has 0 saturated carbocycles. The summed E-state index contributed by atoms with van der Waals surface area (Å²) < 4.78 is 1.93. The van der Waals surface area contributed by atoms with Crippen LogP contribution in [-0.4, -0.2) is 68.2 Å². The fraction of sp³-hybridized carbons (Fsp3) is 0.276. The van der Waals surface area contributed by atoms with Crippen molar-refractivity contribution >= 4 is 29.0 Å². The minimum Gasteiger partial charge on any atom is -0.382 e. The molecule has 1 aliphatic heterocycles. The number of amides is 2. The number of hydrogen-bond donors (Lipinski definition) is 2. The maximum Gasteiger partial charge on any atom is 0.256 e. The molecule has 1 atom stereocenters. The van der Waals surface area contributed by atoms with Crippen molar-refractivity contribution in [2.75, 3.05) is 38.2 Å². The van der Waals surface area contributed by atoms with Gasteiger partial charge in [0.05, 0.1) is 6.04 Å². The van der Waals surface area contributed by atoms with Crippen molar-refractivity contribution in [2.24, 2.45) is 0 Å². The second kappa shape index (κ2) is 11.0. The number of nitrogens with two attached hydrogens (primary N) is 1. The number of likely N-dealkylation sites (tertiary alicyclic amines) is 1. The zero-order chi connectivity index (χ0) is 27.5. The SMILES string of the molecule is Cc1ccnc(NC(=O)c2ccc(-c3nc(C4CCCN4C(=O)C=CCN(C)C)n4ccnc(N)c34)cc2)c1. The number of fused-ring (bicyclic) bond motifs is 1. The van der Waals surface area contributed by atoms with E-state index in [9.17, 15) is 9.59 Å². The van der Waals surface area contributed by atoms with E-state index in [1.807, 2.05) is 71.8 Å². The lowest BCUT2D eigenvalue weighted by atomic mass is 10.1. The largest absolute Gasteiger partial charge is 0.382 e. The van der Waals surface area contributed by atoms with Gasteiger partial charge in [0.25, 0.3) is 5.91 Å². The van der Waals surface area contributed by atoms with Crippen molar-refractivity contribution in [1.29, 1.82) is 0 Å². The molecule has 39 heavy (non-hydrogen) atoms. The number of imidazole rings is 1. The van der Waals surface area contributed by atoms with Crippen LogP contribution in [-0.2, 0) is 4.79 Å². The van der Waals surface area contributed by atoms with Gasteiger partial charge >= 0.3 is 0 Å². The third-order valence-electron chi connectivity index (χ3n) is 6.75. The van der Waals surface area contributed by atoms with Crippen LogP contribution in [0.1, 0.15) is 40.6 Å². The van der Waals surface area contributed by atoms with Crippen molar-refractivity contribution in [3.05, 3.63) is 84.1 Å². The molecule has 1 saturated heterocycles. The summed E-state index contributed by atoms with van der Waals surface area (Å²) in [7, 11) is 3.93. The van der Waals surface area contributed by atoms with Gasteiger partial charge in [0.2, 0.25) is 5.91 Å². The van der Waals surface area contributed by atoms with E-state index in [4.69, 9.17) is 10.7 Å². The lowest BCUT2D eigenvalue weighted by Gasteiger charge is -2.22. The summed E-state index contributed by atoms with van der Waals surface area (Å²) >= 11 is 0. The first-order valence-electron chi connectivity index (χ1n) is 12.9. The number of carbonyl (C=O) groups excluding carboxylic acids is 2. The Labute approximate surface area is 227 Å². The van der Waals surface area contributed by atoms with E-state index in [1.54, 1.807) is 30.6 Å². The quantitative estimate of drug-likeness (QED) is 0.354. The van der Waals surface area contributed by atoms with E-state index in [2.05, 4.69) is 15.3 Å². The molecule has 4 aromatic rings. The van der Waals surface area contributed by atoms with Gasteiger partial charge < -0.3 is 20.9 Å². The average molecular weight is 525 g/mol. The Morgan fingerprint density at radius 3 is 2.69 bits per heavy atom. The van der Waals surface area contributed by atoms with Crippen molar-refractivity contribution < 1.29 is 9.59 Å². The van der Waals surface area contributed by atoms with Crippen molar-refractivity contribution in [3.8, 4) is 11.3 Å². The first-order valence-corrected chi connectivity index (χ1v) is 12.9. The molecule has 0 aliphatic carbocycles. The Hall–Kier alpha value is -4.57. The van der Waals surface area contributed by atoms with Gasteiger partial charge in [-0.05, 0) is 63.7 Å². The van der Waals surface area contributed by atoms with Crippen LogP contribution in [0.3, 0.4) is 0 Å². The van der Waals surface area contributed by atoms with Crippen LogP contribution in [0.2, 0.25) is 0 Å². The maximum atomic E-state index is 13.0. The third-order valence-corrected chi connectivity index (χ3v) is 6.75. The molecule has 2 amide bonds. The van der Waals surface area contributed by atoms with E-state index in [0.717, 1.165) is 29.8 Å². The highest BCUT2D eigenvalue weighted by molar-refractivity contribution is 6.04. The Morgan fingerprint density at radius 1 is 1.15 bits per heavy atom. The smallest absolute Gasteiger partial charge is 0.256 e. The highest BCUT2D eigenvalue weighted by atomic mass is 16.2. The topological polar surface area (TPSA) is 122 Å². The zero-order valence-corrected chi connectivity index (χ0v) is 22.3. The average Bonchev–Trinajstić information content (AvgIpc) is 3.54. The number of rotatable bonds is 7. The molecule has 4 heterocycles. The molecule has 5 rings (SSSR count). The fourth-order valence-corrected chi connectivity index (χ4v) is 4.85. The van der Waals surface area contributed by atoms with Crippen molar-refractivity contribution in [1.82, 2.24) is 29.2 Å². The second-order valence-corrected chi connectivity index (χ2v) is 9.95. The van der Waals surface area contributed by atoms with Crippen LogP contribution in [0.5, 0.6) is 0 Å². The predicted octanol–water partition coefficient (Wildman–Crippen LogP) is 3.72. The molecular weight excluding hydrogens is 492 g/mol. The number of carbonyl (C=O) groups is 2. The summed E-state index contributed by atoms with van der Waals surface area (Å²) in [5, 5.41) is 2.83. The highest BCUT2D eigenvalue weighted by Crippen LogP contribution is 2.36. The molecule has 1 aliphatic rings. The predicted molar refractivity (Wildman–Crippen MR) is 151 cm³/mol. The molecule has 3 aromatic heterocycles. The standard InChI is InChI=1S/C29H32N8O2/c1-19-12-13-31-23(18-19)33-29(39)21-10-8-20(9-11-21)25-26-27(30)32-14-17-37(26)28(34-25)22-6-4-16-36(22)24(38)7-5-15-35(2)3/h5,7-14,17-18,22H,4,6,15-16H2,1-3H3,(H2,30,32)(H,31,33,39). The van der Waals surface area contributed by atoms with Crippen molar-refractivity contribution in [3.63, 3.8) is 0 Å². The van der Waals surface area contributed by atoms with Crippen molar-refractivity contribution in [2.45, 2.75) is 25.8 Å². The van der Waals surface area contributed by atoms with E-state index in [-0.39, 0.29) is 17.9 Å². The first-order chi connectivity index (χ1) is 18.8. The number of benzene rings is 1. The minimum atomic E-state index is -0.251. The third kappa shape index (κ3) is 5.51. The number of aromatic nitrogens is 4. The van der Waals surface area contributed by atoms with Crippen LogP contribution in [0.25, 0.3) is 16.8 Å². The number of pyridine rings is 1. The molecule has 10 heteroatoms. The summed E-state index contributed by atoms with van der Waals surface area (Å²) in [6, 6.07) is 10.7. The molecule has 1 fully saturated rings. The molecular formula is C29H32N8O2. The molecule has 200 valence electrons. The molecule has 0 radical (unpaired) electrons. The number of nitrogens with one attached hydrogen (secondary N) is 1. The molecule has 0 bridgehead atoms. The lowest BCUT2D eigenvalue weighted by molar-refractivity contribution is -0.127. The van der Waals surface area contributed by atoms with Crippen LogP contribution in [0.4, 0.5) is 11.6 Å². The molecule has 3 N–H and O–H groups in total.